The summed E-state index contributed by atoms with van der Waals surface area (Å²) in [7, 11) is 0. The second kappa shape index (κ2) is 7.57. The Morgan fingerprint density at radius 2 is 1.91 bits per heavy atom. The van der Waals surface area contributed by atoms with Gasteiger partial charge in [0.25, 0.3) is 5.91 Å². The van der Waals surface area contributed by atoms with Crippen molar-refractivity contribution in [2.24, 2.45) is 0 Å². The van der Waals surface area contributed by atoms with E-state index in [9.17, 15) is 4.79 Å². The fourth-order valence-corrected chi connectivity index (χ4v) is 3.01. The number of amides is 1. The van der Waals surface area contributed by atoms with E-state index in [0.717, 1.165) is 25.2 Å². The number of hydrogen-bond acceptors (Lipinski definition) is 3. The molecule has 1 aromatic carbocycles. The Balaban J connectivity index is 1.74. The minimum absolute atomic E-state index is 0.0301. The van der Waals surface area contributed by atoms with E-state index in [1.165, 1.54) is 19.0 Å². The van der Waals surface area contributed by atoms with Crippen LogP contribution >= 0.6 is 11.6 Å². The summed E-state index contributed by atoms with van der Waals surface area (Å²) in [5.74, 6) is -0.123. The van der Waals surface area contributed by atoms with Crippen LogP contribution in [0.25, 0.3) is 0 Å². The van der Waals surface area contributed by atoms with Gasteiger partial charge in [-0.1, -0.05) is 41.9 Å². The van der Waals surface area contributed by atoms with Crippen molar-refractivity contribution in [1.82, 2.24) is 15.2 Å². The molecular formula is C18H20ClN3O. The van der Waals surface area contributed by atoms with Gasteiger partial charge < -0.3 is 10.2 Å². The Labute approximate surface area is 141 Å². The smallest absolute Gasteiger partial charge is 0.253 e. The second-order valence-electron chi connectivity index (χ2n) is 5.81. The van der Waals surface area contributed by atoms with Crippen LogP contribution in [0.5, 0.6) is 0 Å². The van der Waals surface area contributed by atoms with Crippen LogP contribution < -0.4 is 5.32 Å². The fourth-order valence-electron chi connectivity index (χ4n) is 2.89. The Kier molecular flexibility index (Phi) is 5.26. The largest absolute Gasteiger partial charge is 0.344 e. The summed E-state index contributed by atoms with van der Waals surface area (Å²) in [6.07, 6.45) is 3.97. The van der Waals surface area contributed by atoms with Crippen molar-refractivity contribution in [3.63, 3.8) is 0 Å². The van der Waals surface area contributed by atoms with Crippen LogP contribution in [-0.2, 0) is 0 Å². The maximum Gasteiger partial charge on any atom is 0.253 e. The second-order valence-corrected chi connectivity index (χ2v) is 6.20. The number of carbonyl (C=O) groups is 1. The van der Waals surface area contributed by atoms with Gasteiger partial charge in [-0.05, 0) is 43.6 Å². The molecule has 1 unspecified atom stereocenters. The van der Waals surface area contributed by atoms with E-state index in [0.29, 0.717) is 10.7 Å². The van der Waals surface area contributed by atoms with Gasteiger partial charge in [0.15, 0.2) is 0 Å². The van der Waals surface area contributed by atoms with E-state index >= 15 is 0 Å². The molecule has 1 aliphatic heterocycles. The zero-order valence-electron chi connectivity index (χ0n) is 12.9. The number of pyridine rings is 1. The van der Waals surface area contributed by atoms with Crippen LogP contribution in [0, 0.1) is 0 Å². The van der Waals surface area contributed by atoms with Crippen LogP contribution in [0.2, 0.25) is 5.15 Å². The van der Waals surface area contributed by atoms with Gasteiger partial charge >= 0.3 is 0 Å². The monoisotopic (exact) mass is 329 g/mol. The minimum atomic E-state index is -0.123. The van der Waals surface area contributed by atoms with Gasteiger partial charge in [-0.15, -0.1) is 0 Å². The Bertz CT molecular complexity index is 639. The zero-order chi connectivity index (χ0) is 16.1. The lowest BCUT2D eigenvalue weighted by molar-refractivity contribution is 0.0927. The molecular weight excluding hydrogens is 310 g/mol. The van der Waals surface area contributed by atoms with Crippen molar-refractivity contribution in [3.05, 3.63) is 64.9 Å². The van der Waals surface area contributed by atoms with Gasteiger partial charge in [0, 0.05) is 12.7 Å². The highest BCUT2D eigenvalue weighted by molar-refractivity contribution is 6.29. The Hall–Kier alpha value is -1.91. The van der Waals surface area contributed by atoms with Crippen molar-refractivity contribution in [1.29, 1.82) is 0 Å². The molecule has 1 saturated heterocycles. The number of aromatic nitrogens is 1. The average Bonchev–Trinajstić information content (AvgIpc) is 3.09. The molecule has 0 saturated carbocycles. The molecule has 23 heavy (non-hydrogen) atoms. The molecule has 0 bridgehead atoms. The number of nitrogens with zero attached hydrogens (tertiary/aromatic N) is 2. The lowest BCUT2D eigenvalue weighted by atomic mass is 10.1. The predicted octanol–water partition coefficient (Wildman–Crippen LogP) is 3.30. The van der Waals surface area contributed by atoms with E-state index < -0.39 is 0 Å². The third-order valence-corrected chi connectivity index (χ3v) is 4.36. The number of hydrogen-bond donors (Lipinski definition) is 1. The van der Waals surface area contributed by atoms with Crippen molar-refractivity contribution >= 4 is 17.5 Å². The summed E-state index contributed by atoms with van der Waals surface area (Å²) in [6.45, 7) is 3.03. The maximum absolute atomic E-state index is 12.5. The van der Waals surface area contributed by atoms with E-state index in [4.69, 9.17) is 11.6 Å². The number of likely N-dealkylation sites (tertiary alicyclic amines) is 1. The maximum atomic E-state index is 12.5. The topological polar surface area (TPSA) is 45.2 Å². The first-order valence-electron chi connectivity index (χ1n) is 7.92. The van der Waals surface area contributed by atoms with Crippen LogP contribution in [0.4, 0.5) is 0 Å². The third kappa shape index (κ3) is 4.30. The van der Waals surface area contributed by atoms with E-state index in [2.05, 4.69) is 27.3 Å². The number of nitrogens with one attached hydrogen (secondary N) is 1. The van der Waals surface area contributed by atoms with E-state index in [-0.39, 0.29) is 11.9 Å². The normalized spacial score (nSPS) is 16.2. The van der Waals surface area contributed by atoms with Crippen LogP contribution in [0.1, 0.15) is 34.8 Å². The molecule has 5 heteroatoms. The average molecular weight is 330 g/mol. The number of halogens is 1. The van der Waals surface area contributed by atoms with E-state index in [1.807, 2.05) is 18.2 Å². The van der Waals surface area contributed by atoms with Gasteiger partial charge in [-0.3, -0.25) is 4.79 Å². The van der Waals surface area contributed by atoms with Gasteiger partial charge in [0.2, 0.25) is 0 Å². The molecule has 1 aliphatic rings. The van der Waals surface area contributed by atoms with Gasteiger partial charge in [0.05, 0.1) is 11.6 Å². The van der Waals surface area contributed by atoms with Crippen LogP contribution in [-0.4, -0.2) is 35.4 Å². The highest BCUT2D eigenvalue weighted by Crippen LogP contribution is 2.18. The van der Waals surface area contributed by atoms with Crippen LogP contribution in [0.15, 0.2) is 48.7 Å². The molecule has 3 rings (SSSR count). The lowest BCUT2D eigenvalue weighted by Crippen LogP contribution is -2.37. The fraction of sp³-hybridized carbons (Fsp3) is 0.333. The molecule has 120 valence electrons. The SMILES string of the molecule is O=C(NC(CN1CCCC1)c1ccccc1)c1ccc(Cl)nc1. The molecule has 0 aliphatic carbocycles. The zero-order valence-corrected chi connectivity index (χ0v) is 13.7. The molecule has 1 aromatic heterocycles. The Morgan fingerprint density at radius 3 is 2.57 bits per heavy atom. The van der Waals surface area contributed by atoms with Crippen molar-refractivity contribution in [3.8, 4) is 0 Å². The van der Waals surface area contributed by atoms with Crippen LogP contribution in [0.3, 0.4) is 0 Å². The summed E-state index contributed by atoms with van der Waals surface area (Å²) < 4.78 is 0. The molecule has 1 fully saturated rings. The first kappa shape index (κ1) is 16.0. The van der Waals surface area contributed by atoms with Gasteiger partial charge in [-0.2, -0.15) is 0 Å². The Morgan fingerprint density at radius 1 is 1.17 bits per heavy atom. The molecule has 0 radical (unpaired) electrons. The quantitative estimate of drug-likeness (QED) is 0.856. The number of benzene rings is 1. The lowest BCUT2D eigenvalue weighted by Gasteiger charge is -2.25. The first-order chi connectivity index (χ1) is 11.2. The van der Waals surface area contributed by atoms with E-state index in [1.54, 1.807) is 12.1 Å². The summed E-state index contributed by atoms with van der Waals surface area (Å²) in [6, 6.07) is 13.4. The number of rotatable bonds is 5. The minimum Gasteiger partial charge on any atom is -0.344 e. The molecule has 0 spiro atoms. The van der Waals surface area contributed by atoms with Crippen molar-refractivity contribution in [2.75, 3.05) is 19.6 Å². The number of carbonyl (C=O) groups excluding carboxylic acids is 1. The highest BCUT2D eigenvalue weighted by atomic mass is 35.5. The summed E-state index contributed by atoms with van der Waals surface area (Å²) in [4.78, 5) is 18.9. The molecule has 2 heterocycles. The standard InChI is InChI=1S/C18H20ClN3O/c19-17-9-8-15(12-20-17)18(23)21-16(13-22-10-4-5-11-22)14-6-2-1-3-7-14/h1-3,6-9,12,16H,4-5,10-11,13H2,(H,21,23). The third-order valence-electron chi connectivity index (χ3n) is 4.14. The predicted molar refractivity (Wildman–Crippen MR) is 91.6 cm³/mol. The summed E-state index contributed by atoms with van der Waals surface area (Å²) in [5.41, 5.74) is 1.64. The van der Waals surface area contributed by atoms with Crippen molar-refractivity contribution < 1.29 is 4.79 Å². The molecule has 2 aromatic rings. The summed E-state index contributed by atoms with van der Waals surface area (Å²) in [5, 5.41) is 3.52. The summed E-state index contributed by atoms with van der Waals surface area (Å²) >= 11 is 5.78. The molecule has 1 atom stereocenters. The van der Waals surface area contributed by atoms with Gasteiger partial charge in [0.1, 0.15) is 5.15 Å². The van der Waals surface area contributed by atoms with Gasteiger partial charge in [-0.25, -0.2) is 4.98 Å². The first-order valence-corrected chi connectivity index (χ1v) is 8.30. The van der Waals surface area contributed by atoms with Crippen molar-refractivity contribution in [2.45, 2.75) is 18.9 Å². The molecule has 1 amide bonds. The molecule has 1 N–H and O–H groups in total. The molecule has 4 nitrogen and oxygen atoms in total. The highest BCUT2D eigenvalue weighted by Gasteiger charge is 2.21.